The molecule has 0 bridgehead atoms. The van der Waals surface area contributed by atoms with Crippen molar-refractivity contribution in [2.24, 2.45) is 11.8 Å². The minimum atomic E-state index is -3.74. The van der Waals surface area contributed by atoms with Crippen molar-refractivity contribution < 1.29 is 21.6 Å². The number of piperidine rings is 1. The van der Waals surface area contributed by atoms with Crippen molar-refractivity contribution in [3.63, 3.8) is 0 Å². The highest BCUT2D eigenvalue weighted by atomic mass is 32.2. The van der Waals surface area contributed by atoms with Crippen LogP contribution in [0.4, 0.5) is 0 Å². The van der Waals surface area contributed by atoms with E-state index < -0.39 is 20.0 Å². The van der Waals surface area contributed by atoms with E-state index in [4.69, 9.17) is 0 Å². The molecule has 1 amide bonds. The van der Waals surface area contributed by atoms with Gasteiger partial charge in [0.2, 0.25) is 26.0 Å². The summed E-state index contributed by atoms with van der Waals surface area (Å²) in [5.41, 5.74) is 1.97. The third kappa shape index (κ3) is 8.23. The van der Waals surface area contributed by atoms with Gasteiger partial charge in [0.05, 0.1) is 10.8 Å². The van der Waals surface area contributed by atoms with Crippen molar-refractivity contribution in [2.45, 2.75) is 42.9 Å². The summed E-state index contributed by atoms with van der Waals surface area (Å²) in [4.78, 5) is 13.5. The van der Waals surface area contributed by atoms with E-state index in [9.17, 15) is 21.6 Å². The zero-order chi connectivity index (χ0) is 28.6. The molecule has 2 heterocycles. The molecule has 0 aliphatic carbocycles. The number of benzene rings is 2. The second-order valence-electron chi connectivity index (χ2n) is 10.7. The molecule has 3 atom stereocenters. The maximum atomic E-state index is 13.4. The predicted molar refractivity (Wildman–Crippen MR) is 157 cm³/mol. The van der Waals surface area contributed by atoms with Crippen LogP contribution in [0, 0.1) is 11.8 Å². The minimum Gasteiger partial charge on any atom is -0.355 e. The maximum absolute atomic E-state index is 13.4. The monoisotopic (exact) mass is 588 g/mol. The molecule has 2 aliphatic heterocycles. The Bertz CT molecular complexity index is 1340. The summed E-state index contributed by atoms with van der Waals surface area (Å²) in [6, 6.07) is 16.7. The SMILES string of the molecule is C=CS(=O)(=O)NCC1CCN(S(=O)(=O)c2ccc(C(CC3CCCNC3)C(=O)NCCc3ccccc3)cc2)C1. The lowest BCUT2D eigenvalue weighted by Gasteiger charge is -2.27. The zero-order valence-corrected chi connectivity index (χ0v) is 24.4. The molecule has 2 aromatic carbocycles. The lowest BCUT2D eigenvalue weighted by Crippen LogP contribution is -2.35. The van der Waals surface area contributed by atoms with Crippen LogP contribution >= 0.6 is 0 Å². The second-order valence-corrected chi connectivity index (χ2v) is 14.3. The smallest absolute Gasteiger partial charge is 0.243 e. The Morgan fingerprint density at radius 1 is 1.05 bits per heavy atom. The minimum absolute atomic E-state index is 0.0403. The molecule has 218 valence electrons. The third-order valence-electron chi connectivity index (χ3n) is 7.80. The van der Waals surface area contributed by atoms with Crippen molar-refractivity contribution in [2.75, 3.05) is 39.3 Å². The summed E-state index contributed by atoms with van der Waals surface area (Å²) >= 11 is 0. The van der Waals surface area contributed by atoms with Crippen molar-refractivity contribution in [3.8, 4) is 0 Å². The fourth-order valence-corrected chi connectivity index (χ4v) is 7.56. The van der Waals surface area contributed by atoms with Crippen LogP contribution in [-0.4, -0.2) is 66.3 Å². The Balaban J connectivity index is 1.42. The van der Waals surface area contributed by atoms with E-state index >= 15 is 0 Å². The first-order valence-electron chi connectivity index (χ1n) is 13.9. The van der Waals surface area contributed by atoms with Crippen LogP contribution in [0.25, 0.3) is 0 Å². The van der Waals surface area contributed by atoms with Gasteiger partial charge >= 0.3 is 0 Å². The highest BCUT2D eigenvalue weighted by molar-refractivity contribution is 7.92. The van der Waals surface area contributed by atoms with Gasteiger partial charge in [-0.05, 0) is 80.3 Å². The van der Waals surface area contributed by atoms with Gasteiger partial charge in [-0.2, -0.15) is 4.31 Å². The standard InChI is InChI=1S/C29H40N4O5S2/c1-2-39(35,36)32-21-25-15-18-33(22-25)40(37,38)27-12-10-26(11-13-27)28(19-24-9-6-16-30-20-24)29(34)31-17-14-23-7-4-3-5-8-23/h2-5,7-8,10-13,24-25,28,30,32H,1,6,9,14-22H2,(H,31,34). The molecule has 4 rings (SSSR count). The summed E-state index contributed by atoms with van der Waals surface area (Å²) in [6.07, 6.45) is 4.15. The Hall–Kier alpha value is -2.57. The van der Waals surface area contributed by atoms with Crippen LogP contribution in [0.5, 0.6) is 0 Å². The summed E-state index contributed by atoms with van der Waals surface area (Å²) in [5, 5.41) is 7.37. The van der Waals surface area contributed by atoms with Gasteiger partial charge in [-0.3, -0.25) is 4.79 Å². The maximum Gasteiger partial charge on any atom is 0.243 e. The zero-order valence-electron chi connectivity index (χ0n) is 22.8. The molecule has 2 saturated heterocycles. The number of hydrogen-bond donors (Lipinski definition) is 3. The van der Waals surface area contributed by atoms with Crippen LogP contribution in [0.3, 0.4) is 0 Å². The van der Waals surface area contributed by atoms with Gasteiger partial charge in [-0.1, -0.05) is 49.0 Å². The van der Waals surface area contributed by atoms with Crippen molar-refractivity contribution in [1.82, 2.24) is 19.7 Å². The normalized spacial score (nSPS) is 21.1. The molecule has 0 radical (unpaired) electrons. The number of sulfonamides is 2. The first-order valence-corrected chi connectivity index (χ1v) is 16.9. The number of amides is 1. The molecular formula is C29H40N4O5S2. The van der Waals surface area contributed by atoms with Gasteiger partial charge in [-0.25, -0.2) is 21.6 Å². The molecule has 9 nitrogen and oxygen atoms in total. The van der Waals surface area contributed by atoms with E-state index in [1.807, 2.05) is 30.3 Å². The molecule has 2 aromatic rings. The summed E-state index contributed by atoms with van der Waals surface area (Å²) < 4.78 is 53.8. The number of rotatable bonds is 13. The largest absolute Gasteiger partial charge is 0.355 e. The number of nitrogens with one attached hydrogen (secondary N) is 3. The molecule has 0 saturated carbocycles. The van der Waals surface area contributed by atoms with Gasteiger partial charge in [0.25, 0.3) is 0 Å². The second kappa shape index (κ2) is 13.9. The molecular weight excluding hydrogens is 548 g/mol. The molecule has 3 unspecified atom stereocenters. The Morgan fingerprint density at radius 3 is 2.48 bits per heavy atom. The van der Waals surface area contributed by atoms with Crippen molar-refractivity contribution in [1.29, 1.82) is 0 Å². The third-order valence-corrected chi connectivity index (χ3v) is 10.7. The Labute approximate surface area is 238 Å². The average molecular weight is 589 g/mol. The van der Waals surface area contributed by atoms with Gasteiger partial charge in [0, 0.05) is 31.6 Å². The molecule has 40 heavy (non-hydrogen) atoms. The van der Waals surface area contributed by atoms with Crippen molar-refractivity contribution in [3.05, 3.63) is 77.7 Å². The molecule has 0 spiro atoms. The van der Waals surface area contributed by atoms with Crippen molar-refractivity contribution >= 4 is 26.0 Å². The first kappa shape index (κ1) is 30.4. The number of nitrogens with zero attached hydrogens (tertiary/aromatic N) is 1. The topological polar surface area (TPSA) is 125 Å². The number of carbonyl (C=O) groups is 1. The first-order chi connectivity index (χ1) is 19.2. The Kier molecular flexibility index (Phi) is 10.5. The van der Waals surface area contributed by atoms with Crippen LogP contribution in [0.2, 0.25) is 0 Å². The quantitative estimate of drug-likeness (QED) is 0.331. The van der Waals surface area contributed by atoms with E-state index in [0.717, 1.165) is 48.9 Å². The molecule has 11 heteroatoms. The van der Waals surface area contributed by atoms with Gasteiger partial charge in [0.1, 0.15) is 0 Å². The molecule has 0 aromatic heterocycles. The summed E-state index contributed by atoms with van der Waals surface area (Å²) in [5.74, 6) is -0.146. The van der Waals surface area contributed by atoms with E-state index in [1.165, 1.54) is 4.31 Å². The molecule has 2 fully saturated rings. The number of carbonyl (C=O) groups excluding carboxylic acids is 1. The fraction of sp³-hybridized carbons (Fsp3) is 0.483. The highest BCUT2D eigenvalue weighted by Crippen LogP contribution is 2.30. The van der Waals surface area contributed by atoms with Crippen LogP contribution in [0.15, 0.2) is 71.5 Å². The van der Waals surface area contributed by atoms with Crippen LogP contribution < -0.4 is 15.4 Å². The molecule has 3 N–H and O–H groups in total. The summed E-state index contributed by atoms with van der Waals surface area (Å²) in [7, 11) is -7.29. The fourth-order valence-electron chi connectivity index (χ4n) is 5.45. The van der Waals surface area contributed by atoms with E-state index in [1.54, 1.807) is 24.3 Å². The lowest BCUT2D eigenvalue weighted by molar-refractivity contribution is -0.123. The lowest BCUT2D eigenvalue weighted by atomic mass is 9.84. The van der Waals surface area contributed by atoms with E-state index in [2.05, 4.69) is 21.9 Å². The average Bonchev–Trinajstić information content (AvgIpc) is 3.46. The highest BCUT2D eigenvalue weighted by Gasteiger charge is 2.33. The Morgan fingerprint density at radius 2 is 1.80 bits per heavy atom. The van der Waals surface area contributed by atoms with E-state index in [0.29, 0.717) is 31.8 Å². The van der Waals surface area contributed by atoms with E-state index in [-0.39, 0.29) is 35.7 Å². The number of hydrogen-bond acceptors (Lipinski definition) is 6. The van der Waals surface area contributed by atoms with Gasteiger partial charge < -0.3 is 10.6 Å². The van der Waals surface area contributed by atoms with Gasteiger partial charge in [-0.15, -0.1) is 0 Å². The van der Waals surface area contributed by atoms with Crippen LogP contribution in [0.1, 0.15) is 42.7 Å². The molecule has 2 aliphatic rings. The predicted octanol–water partition coefficient (Wildman–Crippen LogP) is 2.59. The van der Waals surface area contributed by atoms with Gasteiger partial charge in [0.15, 0.2) is 0 Å². The van der Waals surface area contributed by atoms with Crippen LogP contribution in [-0.2, 0) is 31.3 Å². The summed E-state index contributed by atoms with van der Waals surface area (Å²) in [6.45, 7) is 6.41.